The minimum atomic E-state index is -1.10. The molecule has 0 radical (unpaired) electrons. The monoisotopic (exact) mass is 916 g/mol. The highest BCUT2D eigenvalue weighted by Crippen LogP contribution is 2.18. The van der Waals surface area contributed by atoms with E-state index in [1.165, 1.54) is 270 Å². The molecule has 0 heterocycles. The van der Waals surface area contributed by atoms with Gasteiger partial charge in [0.05, 0.1) is 18.8 Å². The Labute approximate surface area is 407 Å². The number of aliphatic hydroxyl groups is 3. The third-order valence-corrected chi connectivity index (χ3v) is 14.0. The molecule has 0 aromatic rings. The fourth-order valence-electron chi connectivity index (χ4n) is 9.44. The molecule has 0 aliphatic heterocycles. The van der Waals surface area contributed by atoms with E-state index in [4.69, 9.17) is 0 Å². The number of nitrogens with one attached hydrogen (secondary N) is 1. The van der Waals surface area contributed by atoms with Gasteiger partial charge in [-0.05, 0) is 32.1 Å². The normalized spacial score (nSPS) is 13.4. The van der Waals surface area contributed by atoms with E-state index in [9.17, 15) is 20.1 Å². The number of carbonyl (C=O) groups excluding carboxylic acids is 1. The Kier molecular flexibility index (Phi) is 54.4. The second-order valence-corrected chi connectivity index (χ2v) is 20.6. The van der Waals surface area contributed by atoms with Gasteiger partial charge in [0, 0.05) is 0 Å². The fourth-order valence-corrected chi connectivity index (χ4v) is 9.44. The molecule has 65 heavy (non-hydrogen) atoms. The van der Waals surface area contributed by atoms with E-state index >= 15 is 0 Å². The van der Waals surface area contributed by atoms with Crippen LogP contribution >= 0.6 is 0 Å². The first-order valence-corrected chi connectivity index (χ1v) is 29.7. The zero-order valence-corrected chi connectivity index (χ0v) is 44.1. The Hall–Kier alpha value is -1.17. The summed E-state index contributed by atoms with van der Waals surface area (Å²) in [6.45, 7) is 4.21. The highest BCUT2D eigenvalue weighted by molar-refractivity contribution is 5.80. The van der Waals surface area contributed by atoms with Crippen molar-refractivity contribution in [2.75, 3.05) is 6.61 Å². The lowest BCUT2D eigenvalue weighted by atomic mass is 10.0. The van der Waals surface area contributed by atoms with Crippen LogP contribution in [0, 0.1) is 0 Å². The van der Waals surface area contributed by atoms with Crippen molar-refractivity contribution in [2.24, 2.45) is 0 Å². The van der Waals surface area contributed by atoms with E-state index in [1.807, 2.05) is 6.08 Å². The van der Waals surface area contributed by atoms with E-state index < -0.39 is 24.2 Å². The van der Waals surface area contributed by atoms with Gasteiger partial charge in [-0.2, -0.15) is 0 Å². The summed E-state index contributed by atoms with van der Waals surface area (Å²) in [6.07, 6.45) is 71.4. The first-order valence-electron chi connectivity index (χ1n) is 29.7. The van der Waals surface area contributed by atoms with Crippen LogP contribution in [0.1, 0.15) is 328 Å². The molecule has 0 aliphatic carbocycles. The van der Waals surface area contributed by atoms with Crippen LogP contribution in [0.5, 0.6) is 0 Å². The van der Waals surface area contributed by atoms with Crippen molar-refractivity contribution in [1.29, 1.82) is 0 Å². The van der Waals surface area contributed by atoms with Crippen LogP contribution < -0.4 is 5.32 Å². The van der Waals surface area contributed by atoms with Crippen LogP contribution in [0.4, 0.5) is 0 Å². The Balaban J connectivity index is 3.53. The van der Waals surface area contributed by atoms with Gasteiger partial charge < -0.3 is 20.6 Å². The smallest absolute Gasteiger partial charge is 0.249 e. The number of hydrogen-bond donors (Lipinski definition) is 4. The maximum atomic E-state index is 12.6. The highest BCUT2D eigenvalue weighted by Gasteiger charge is 2.22. The Morgan fingerprint density at radius 1 is 0.369 bits per heavy atom. The number of hydrogen-bond acceptors (Lipinski definition) is 4. The van der Waals surface area contributed by atoms with Gasteiger partial charge in [0.15, 0.2) is 0 Å². The standard InChI is InChI=1S/C60H117NO4/c1-3-5-7-9-11-13-15-17-19-21-23-25-26-27-28-29-30-31-32-33-34-35-37-39-41-43-45-47-49-51-53-55-59(64)60(65)61-57(56-62)58(63)54-52-50-48-46-44-42-40-38-36-24-22-20-18-16-14-12-10-8-6-4-2/h44,46,52,54,57-59,62-64H,3-43,45,47-51,53,55-56H2,1-2H3,(H,61,65)/b46-44+,54-52+. The second-order valence-electron chi connectivity index (χ2n) is 20.6. The molecular formula is C60H117NO4. The number of aliphatic hydroxyl groups excluding tert-OH is 3. The van der Waals surface area contributed by atoms with Gasteiger partial charge in [0.25, 0.3) is 0 Å². The van der Waals surface area contributed by atoms with Crippen molar-refractivity contribution in [1.82, 2.24) is 5.32 Å². The van der Waals surface area contributed by atoms with E-state index in [-0.39, 0.29) is 6.61 Å². The molecule has 1 amide bonds. The average Bonchev–Trinajstić information content (AvgIpc) is 3.31. The molecule has 0 bridgehead atoms. The Morgan fingerprint density at radius 3 is 0.938 bits per heavy atom. The van der Waals surface area contributed by atoms with E-state index in [0.29, 0.717) is 6.42 Å². The van der Waals surface area contributed by atoms with Gasteiger partial charge in [-0.15, -0.1) is 0 Å². The number of rotatable bonds is 55. The molecule has 0 saturated heterocycles. The van der Waals surface area contributed by atoms with Crippen LogP contribution in [-0.2, 0) is 4.79 Å². The molecule has 0 spiro atoms. The molecule has 0 aromatic heterocycles. The van der Waals surface area contributed by atoms with Gasteiger partial charge in [0.1, 0.15) is 6.10 Å². The number of allylic oxidation sites excluding steroid dienone is 3. The summed E-state index contributed by atoms with van der Waals surface area (Å²) in [6, 6.07) is -0.812. The molecular weight excluding hydrogens is 799 g/mol. The zero-order valence-electron chi connectivity index (χ0n) is 44.1. The average molecular weight is 917 g/mol. The molecule has 0 fully saturated rings. The summed E-state index contributed by atoms with van der Waals surface area (Å²) in [5.74, 6) is -0.506. The van der Waals surface area contributed by atoms with E-state index in [2.05, 4.69) is 31.3 Å². The lowest BCUT2D eigenvalue weighted by molar-refractivity contribution is -0.131. The van der Waals surface area contributed by atoms with Crippen LogP contribution in [0.25, 0.3) is 0 Å². The predicted octanol–water partition coefficient (Wildman–Crippen LogP) is 18.5. The van der Waals surface area contributed by atoms with Crippen LogP contribution in [0.2, 0.25) is 0 Å². The molecule has 0 aromatic carbocycles. The Morgan fingerprint density at radius 2 is 0.631 bits per heavy atom. The van der Waals surface area contributed by atoms with Crippen molar-refractivity contribution < 1.29 is 20.1 Å². The molecule has 5 heteroatoms. The minimum Gasteiger partial charge on any atom is -0.394 e. The van der Waals surface area contributed by atoms with Gasteiger partial charge in [-0.25, -0.2) is 0 Å². The lowest BCUT2D eigenvalue weighted by Gasteiger charge is -2.21. The van der Waals surface area contributed by atoms with Gasteiger partial charge in [0.2, 0.25) is 5.91 Å². The molecule has 3 unspecified atom stereocenters. The Bertz CT molecular complexity index is 967. The van der Waals surface area contributed by atoms with E-state index in [0.717, 1.165) is 38.5 Å². The maximum Gasteiger partial charge on any atom is 0.249 e. The molecule has 3 atom stereocenters. The first-order chi connectivity index (χ1) is 32.1. The van der Waals surface area contributed by atoms with Crippen molar-refractivity contribution >= 4 is 5.91 Å². The van der Waals surface area contributed by atoms with Gasteiger partial charge >= 0.3 is 0 Å². The highest BCUT2D eigenvalue weighted by atomic mass is 16.3. The van der Waals surface area contributed by atoms with Gasteiger partial charge in [-0.1, -0.05) is 321 Å². The van der Waals surface area contributed by atoms with Crippen molar-refractivity contribution in [3.05, 3.63) is 24.3 Å². The topological polar surface area (TPSA) is 89.8 Å². The van der Waals surface area contributed by atoms with Gasteiger partial charge in [-0.3, -0.25) is 4.79 Å². The quantitative estimate of drug-likeness (QED) is 0.0361. The van der Waals surface area contributed by atoms with Crippen LogP contribution in [0.15, 0.2) is 24.3 Å². The summed E-state index contributed by atoms with van der Waals surface area (Å²) >= 11 is 0. The number of amides is 1. The summed E-state index contributed by atoms with van der Waals surface area (Å²) < 4.78 is 0. The summed E-state index contributed by atoms with van der Waals surface area (Å²) in [7, 11) is 0. The summed E-state index contributed by atoms with van der Waals surface area (Å²) in [4.78, 5) is 12.6. The van der Waals surface area contributed by atoms with Crippen molar-refractivity contribution in [3.8, 4) is 0 Å². The molecule has 0 saturated carbocycles. The second kappa shape index (κ2) is 55.4. The van der Waals surface area contributed by atoms with E-state index in [1.54, 1.807) is 6.08 Å². The SMILES string of the molecule is CCCCCCCCCCCCCCCC/C=C/CC/C=C/C(O)C(CO)NC(=O)C(O)CCCCCCCCCCCCCCCCCCCCCCCCCCCCCCCCC. The molecule has 386 valence electrons. The molecule has 0 rings (SSSR count). The predicted molar refractivity (Wildman–Crippen MR) is 287 cm³/mol. The van der Waals surface area contributed by atoms with Crippen LogP contribution in [0.3, 0.4) is 0 Å². The maximum absolute atomic E-state index is 12.6. The summed E-state index contributed by atoms with van der Waals surface area (Å²) in [5.41, 5.74) is 0. The molecule has 4 N–H and O–H groups in total. The molecule has 0 aliphatic rings. The molecule has 5 nitrogen and oxygen atoms in total. The van der Waals surface area contributed by atoms with Crippen molar-refractivity contribution in [3.63, 3.8) is 0 Å². The fraction of sp³-hybridized carbons (Fsp3) is 0.917. The zero-order chi connectivity index (χ0) is 47.2. The third kappa shape index (κ3) is 50.5. The third-order valence-electron chi connectivity index (χ3n) is 14.0. The minimum absolute atomic E-state index is 0.372. The first kappa shape index (κ1) is 63.8. The van der Waals surface area contributed by atoms with Crippen molar-refractivity contribution in [2.45, 2.75) is 347 Å². The number of unbranched alkanes of at least 4 members (excludes halogenated alkanes) is 45. The largest absolute Gasteiger partial charge is 0.394 e. The number of carbonyl (C=O) groups is 1. The van der Waals surface area contributed by atoms with Crippen LogP contribution in [-0.4, -0.2) is 46.1 Å². The summed E-state index contributed by atoms with van der Waals surface area (Å²) in [5, 5.41) is 33.4. The lowest BCUT2D eigenvalue weighted by Crippen LogP contribution is -2.48.